The molecule has 0 atom stereocenters. The molecule has 26 heavy (non-hydrogen) atoms. The first kappa shape index (κ1) is 17.2. The molecule has 130 valence electrons. The highest BCUT2D eigenvalue weighted by molar-refractivity contribution is 6.04. The predicted octanol–water partition coefficient (Wildman–Crippen LogP) is 4.35. The number of carbonyl (C=O) groups is 2. The smallest absolute Gasteiger partial charge is 0.251 e. The van der Waals surface area contributed by atoms with Crippen molar-refractivity contribution in [3.8, 4) is 0 Å². The molecule has 3 aromatic carbocycles. The highest BCUT2D eigenvalue weighted by Crippen LogP contribution is 2.31. The SMILES string of the molecule is CNC(=O)c1cc(Nc2ccccc2)c(Nc2ccccc2)cc1C=O. The zero-order valence-corrected chi connectivity index (χ0v) is 14.3. The fourth-order valence-corrected chi connectivity index (χ4v) is 2.61. The molecule has 0 saturated heterocycles. The van der Waals surface area contributed by atoms with Crippen LogP contribution in [0.15, 0.2) is 72.8 Å². The standard InChI is InChI=1S/C21H19N3O2/c1-22-21(26)18-13-20(24-17-10-6-3-7-11-17)19(12-15(18)14-25)23-16-8-4-2-5-9-16/h2-14,23-24H,1H3,(H,22,26). The summed E-state index contributed by atoms with van der Waals surface area (Å²) in [7, 11) is 1.54. The number of rotatable bonds is 6. The fraction of sp³-hybridized carbons (Fsp3) is 0.0476. The molecular formula is C21H19N3O2. The lowest BCUT2D eigenvalue weighted by molar-refractivity contribution is 0.0957. The zero-order chi connectivity index (χ0) is 18.4. The molecule has 0 radical (unpaired) electrons. The Bertz CT molecular complexity index is 909. The van der Waals surface area contributed by atoms with E-state index in [9.17, 15) is 9.59 Å². The Morgan fingerprint density at radius 2 is 1.31 bits per heavy atom. The number of nitrogens with one attached hydrogen (secondary N) is 3. The molecular weight excluding hydrogens is 326 g/mol. The molecule has 0 bridgehead atoms. The Labute approximate surface area is 152 Å². The van der Waals surface area contributed by atoms with Crippen LogP contribution >= 0.6 is 0 Å². The van der Waals surface area contributed by atoms with Gasteiger partial charge in [0, 0.05) is 24.0 Å². The minimum Gasteiger partial charge on any atom is -0.355 e. The van der Waals surface area contributed by atoms with E-state index >= 15 is 0 Å². The number of benzene rings is 3. The van der Waals surface area contributed by atoms with Crippen molar-refractivity contribution in [1.82, 2.24) is 5.32 Å². The summed E-state index contributed by atoms with van der Waals surface area (Å²) in [5.41, 5.74) is 3.80. The molecule has 1 amide bonds. The van der Waals surface area contributed by atoms with Gasteiger partial charge >= 0.3 is 0 Å². The lowest BCUT2D eigenvalue weighted by atomic mass is 10.0. The lowest BCUT2D eigenvalue weighted by Gasteiger charge is -2.17. The topological polar surface area (TPSA) is 70.2 Å². The third-order valence-corrected chi connectivity index (χ3v) is 3.89. The van der Waals surface area contributed by atoms with Gasteiger partial charge in [-0.2, -0.15) is 0 Å². The van der Waals surface area contributed by atoms with E-state index in [0.717, 1.165) is 11.4 Å². The van der Waals surface area contributed by atoms with E-state index in [1.54, 1.807) is 12.1 Å². The maximum atomic E-state index is 12.1. The van der Waals surface area contributed by atoms with Crippen LogP contribution in [-0.4, -0.2) is 19.2 Å². The molecule has 0 heterocycles. The first-order valence-corrected chi connectivity index (χ1v) is 8.20. The van der Waals surface area contributed by atoms with Crippen molar-refractivity contribution in [2.75, 3.05) is 17.7 Å². The molecule has 0 spiro atoms. The van der Waals surface area contributed by atoms with Crippen molar-refractivity contribution >= 4 is 34.9 Å². The Hall–Kier alpha value is -3.60. The quantitative estimate of drug-likeness (QED) is 0.581. The first-order valence-electron chi connectivity index (χ1n) is 8.20. The van der Waals surface area contributed by atoms with E-state index in [-0.39, 0.29) is 5.91 Å². The van der Waals surface area contributed by atoms with Gasteiger partial charge in [-0.15, -0.1) is 0 Å². The molecule has 0 aliphatic rings. The Balaban J connectivity index is 2.07. The Morgan fingerprint density at radius 3 is 1.77 bits per heavy atom. The average Bonchev–Trinajstić information content (AvgIpc) is 2.70. The second kappa shape index (κ2) is 7.98. The highest BCUT2D eigenvalue weighted by Gasteiger charge is 2.15. The number of anilines is 4. The maximum absolute atomic E-state index is 12.1. The van der Waals surface area contributed by atoms with Crippen molar-refractivity contribution in [3.63, 3.8) is 0 Å². The van der Waals surface area contributed by atoms with Gasteiger partial charge in [-0.1, -0.05) is 36.4 Å². The van der Waals surface area contributed by atoms with Gasteiger partial charge in [0.15, 0.2) is 6.29 Å². The molecule has 0 aliphatic carbocycles. The van der Waals surface area contributed by atoms with Gasteiger partial charge in [0.05, 0.1) is 16.9 Å². The van der Waals surface area contributed by atoms with Crippen molar-refractivity contribution in [1.29, 1.82) is 0 Å². The van der Waals surface area contributed by atoms with E-state index in [0.29, 0.717) is 28.8 Å². The van der Waals surface area contributed by atoms with Gasteiger partial charge in [0.1, 0.15) is 0 Å². The van der Waals surface area contributed by atoms with Crippen LogP contribution in [0, 0.1) is 0 Å². The van der Waals surface area contributed by atoms with Crippen LogP contribution in [-0.2, 0) is 0 Å². The Kier molecular flexibility index (Phi) is 5.29. The summed E-state index contributed by atoms with van der Waals surface area (Å²) < 4.78 is 0. The van der Waals surface area contributed by atoms with Crippen molar-refractivity contribution < 1.29 is 9.59 Å². The summed E-state index contributed by atoms with van der Waals surface area (Å²) in [5, 5.41) is 9.17. The summed E-state index contributed by atoms with van der Waals surface area (Å²) >= 11 is 0. The largest absolute Gasteiger partial charge is 0.355 e. The van der Waals surface area contributed by atoms with Crippen LogP contribution in [0.4, 0.5) is 22.7 Å². The first-order chi connectivity index (χ1) is 12.7. The molecule has 5 nitrogen and oxygen atoms in total. The molecule has 0 saturated carbocycles. The lowest BCUT2D eigenvalue weighted by Crippen LogP contribution is -2.20. The minimum absolute atomic E-state index is 0.311. The van der Waals surface area contributed by atoms with Crippen LogP contribution in [0.5, 0.6) is 0 Å². The highest BCUT2D eigenvalue weighted by atomic mass is 16.1. The molecule has 3 N–H and O–H groups in total. The molecule has 3 aromatic rings. The fourth-order valence-electron chi connectivity index (χ4n) is 2.61. The van der Waals surface area contributed by atoms with Crippen molar-refractivity contribution in [3.05, 3.63) is 83.9 Å². The van der Waals surface area contributed by atoms with Gasteiger partial charge in [-0.3, -0.25) is 9.59 Å². The van der Waals surface area contributed by atoms with Crippen LogP contribution < -0.4 is 16.0 Å². The summed E-state index contributed by atoms with van der Waals surface area (Å²) in [6, 6.07) is 22.6. The van der Waals surface area contributed by atoms with E-state index in [2.05, 4.69) is 16.0 Å². The minimum atomic E-state index is -0.311. The average molecular weight is 345 g/mol. The summed E-state index contributed by atoms with van der Waals surface area (Å²) in [5.74, 6) is -0.311. The van der Waals surface area contributed by atoms with Crippen LogP contribution in [0.2, 0.25) is 0 Å². The number of hydrogen-bond donors (Lipinski definition) is 3. The van der Waals surface area contributed by atoms with E-state index in [1.165, 1.54) is 7.05 Å². The number of aldehydes is 1. The summed E-state index contributed by atoms with van der Waals surface area (Å²) in [6.45, 7) is 0. The van der Waals surface area contributed by atoms with Crippen LogP contribution in [0.3, 0.4) is 0 Å². The number of hydrogen-bond acceptors (Lipinski definition) is 4. The van der Waals surface area contributed by atoms with Crippen molar-refractivity contribution in [2.45, 2.75) is 0 Å². The summed E-state index contributed by atoms with van der Waals surface area (Å²) in [4.78, 5) is 23.6. The van der Waals surface area contributed by atoms with E-state index < -0.39 is 0 Å². The third-order valence-electron chi connectivity index (χ3n) is 3.89. The summed E-state index contributed by atoms with van der Waals surface area (Å²) in [6.07, 6.45) is 0.688. The van der Waals surface area contributed by atoms with Crippen LogP contribution in [0.25, 0.3) is 0 Å². The van der Waals surface area contributed by atoms with Gasteiger partial charge in [0.25, 0.3) is 5.91 Å². The van der Waals surface area contributed by atoms with Crippen molar-refractivity contribution in [2.24, 2.45) is 0 Å². The van der Waals surface area contributed by atoms with Gasteiger partial charge in [-0.25, -0.2) is 0 Å². The van der Waals surface area contributed by atoms with Crippen LogP contribution in [0.1, 0.15) is 20.7 Å². The maximum Gasteiger partial charge on any atom is 0.251 e. The second-order valence-electron chi connectivity index (χ2n) is 5.66. The number of amides is 1. The number of para-hydroxylation sites is 2. The monoisotopic (exact) mass is 345 g/mol. The molecule has 5 heteroatoms. The zero-order valence-electron chi connectivity index (χ0n) is 14.3. The van der Waals surface area contributed by atoms with Gasteiger partial charge < -0.3 is 16.0 Å². The molecule has 0 aliphatic heterocycles. The second-order valence-corrected chi connectivity index (χ2v) is 5.66. The Morgan fingerprint density at radius 1 is 0.808 bits per heavy atom. The van der Waals surface area contributed by atoms with E-state index in [1.807, 2.05) is 60.7 Å². The van der Waals surface area contributed by atoms with Gasteiger partial charge in [0.2, 0.25) is 0 Å². The molecule has 3 rings (SSSR count). The number of carbonyl (C=O) groups excluding carboxylic acids is 2. The van der Waals surface area contributed by atoms with E-state index in [4.69, 9.17) is 0 Å². The normalized spacial score (nSPS) is 10.0. The molecule has 0 unspecified atom stereocenters. The third kappa shape index (κ3) is 3.89. The predicted molar refractivity (Wildman–Crippen MR) is 105 cm³/mol. The molecule has 0 aromatic heterocycles. The molecule has 0 fully saturated rings. The van der Waals surface area contributed by atoms with Gasteiger partial charge in [-0.05, 0) is 36.4 Å².